The SMILES string of the molecule is Cc1ccccc1CCC1NC(=O)N(C2CC2C(=O)O)C1=O. The summed E-state index contributed by atoms with van der Waals surface area (Å²) >= 11 is 0. The van der Waals surface area contributed by atoms with Crippen LogP contribution in [0.4, 0.5) is 4.79 Å². The standard InChI is InChI=1S/C16H18N2O4/c1-9-4-2-3-5-10(9)6-7-12-14(19)18(16(22)17-12)13-8-11(13)15(20)21/h2-5,11-13H,6-8H2,1H3,(H,17,22)(H,20,21). The molecule has 1 aliphatic heterocycles. The first-order chi connectivity index (χ1) is 10.5. The summed E-state index contributed by atoms with van der Waals surface area (Å²) in [5, 5.41) is 11.6. The fourth-order valence-corrected chi connectivity index (χ4v) is 2.98. The van der Waals surface area contributed by atoms with Gasteiger partial charge < -0.3 is 10.4 Å². The maximum atomic E-state index is 12.3. The largest absolute Gasteiger partial charge is 0.481 e. The molecule has 3 amide bonds. The van der Waals surface area contributed by atoms with E-state index in [-0.39, 0.29) is 5.91 Å². The number of urea groups is 1. The molecular weight excluding hydrogens is 284 g/mol. The van der Waals surface area contributed by atoms with Crippen LogP contribution in [-0.2, 0) is 16.0 Å². The van der Waals surface area contributed by atoms with E-state index in [1.54, 1.807) is 0 Å². The third kappa shape index (κ3) is 2.56. The number of carboxylic acids is 1. The molecule has 6 heteroatoms. The van der Waals surface area contributed by atoms with Crippen molar-refractivity contribution in [1.82, 2.24) is 10.2 Å². The van der Waals surface area contributed by atoms with Crippen LogP contribution in [0.1, 0.15) is 24.0 Å². The van der Waals surface area contributed by atoms with Crippen LogP contribution in [0, 0.1) is 12.8 Å². The van der Waals surface area contributed by atoms with E-state index < -0.39 is 30.0 Å². The molecule has 3 unspecified atom stereocenters. The van der Waals surface area contributed by atoms with Gasteiger partial charge in [0, 0.05) is 0 Å². The van der Waals surface area contributed by atoms with Gasteiger partial charge in [0.25, 0.3) is 5.91 Å². The highest BCUT2D eigenvalue weighted by Crippen LogP contribution is 2.37. The molecule has 2 aliphatic rings. The number of aliphatic carboxylic acids is 1. The summed E-state index contributed by atoms with van der Waals surface area (Å²) in [4.78, 5) is 36.2. The van der Waals surface area contributed by atoms with E-state index in [1.165, 1.54) is 0 Å². The van der Waals surface area contributed by atoms with Crippen LogP contribution in [0.3, 0.4) is 0 Å². The number of nitrogens with one attached hydrogen (secondary N) is 1. The molecule has 2 fully saturated rings. The lowest BCUT2D eigenvalue weighted by atomic mass is 10.0. The second-order valence-corrected chi connectivity index (χ2v) is 5.92. The molecule has 116 valence electrons. The second-order valence-electron chi connectivity index (χ2n) is 5.92. The van der Waals surface area contributed by atoms with E-state index in [0.717, 1.165) is 16.0 Å². The molecule has 1 saturated carbocycles. The summed E-state index contributed by atoms with van der Waals surface area (Å²) in [5.41, 5.74) is 2.31. The van der Waals surface area contributed by atoms with Gasteiger partial charge in [0.2, 0.25) is 0 Å². The van der Waals surface area contributed by atoms with E-state index in [4.69, 9.17) is 5.11 Å². The average Bonchev–Trinajstić information content (AvgIpc) is 3.20. The molecule has 1 aromatic carbocycles. The van der Waals surface area contributed by atoms with Crippen molar-refractivity contribution in [3.8, 4) is 0 Å². The van der Waals surface area contributed by atoms with Crippen molar-refractivity contribution in [3.05, 3.63) is 35.4 Å². The highest BCUT2D eigenvalue weighted by molar-refractivity contribution is 6.05. The monoisotopic (exact) mass is 302 g/mol. The number of carbonyl (C=O) groups excluding carboxylic acids is 2. The fraction of sp³-hybridized carbons (Fsp3) is 0.438. The lowest BCUT2D eigenvalue weighted by Crippen LogP contribution is -2.35. The Balaban J connectivity index is 1.62. The number of hydrogen-bond acceptors (Lipinski definition) is 3. The Morgan fingerprint density at radius 3 is 2.73 bits per heavy atom. The molecule has 0 aromatic heterocycles. The predicted octanol–water partition coefficient (Wildman–Crippen LogP) is 1.32. The van der Waals surface area contributed by atoms with Crippen LogP contribution in [0.5, 0.6) is 0 Å². The number of amides is 3. The topological polar surface area (TPSA) is 86.7 Å². The van der Waals surface area contributed by atoms with E-state index in [2.05, 4.69) is 5.32 Å². The Morgan fingerprint density at radius 1 is 1.36 bits per heavy atom. The maximum absolute atomic E-state index is 12.3. The van der Waals surface area contributed by atoms with Crippen molar-refractivity contribution in [1.29, 1.82) is 0 Å². The van der Waals surface area contributed by atoms with Gasteiger partial charge in [-0.2, -0.15) is 0 Å². The molecule has 1 heterocycles. The van der Waals surface area contributed by atoms with Gasteiger partial charge >= 0.3 is 12.0 Å². The minimum absolute atomic E-state index is 0.299. The normalized spacial score (nSPS) is 27.0. The summed E-state index contributed by atoms with van der Waals surface area (Å²) in [5.74, 6) is -1.86. The molecule has 3 atom stereocenters. The fourth-order valence-electron chi connectivity index (χ4n) is 2.98. The molecule has 2 N–H and O–H groups in total. The molecule has 6 nitrogen and oxygen atoms in total. The first-order valence-corrected chi connectivity index (χ1v) is 7.40. The molecular formula is C16H18N2O4. The molecule has 0 spiro atoms. The number of hydrogen-bond donors (Lipinski definition) is 2. The van der Waals surface area contributed by atoms with Crippen molar-refractivity contribution < 1.29 is 19.5 Å². The Bertz CT molecular complexity index is 643. The first-order valence-electron chi connectivity index (χ1n) is 7.40. The van der Waals surface area contributed by atoms with Crippen molar-refractivity contribution in [2.24, 2.45) is 5.92 Å². The zero-order valence-electron chi connectivity index (χ0n) is 12.3. The number of rotatable bonds is 5. The van der Waals surface area contributed by atoms with E-state index in [9.17, 15) is 14.4 Å². The van der Waals surface area contributed by atoms with Gasteiger partial charge in [-0.05, 0) is 37.3 Å². The Labute approximate surface area is 128 Å². The van der Waals surface area contributed by atoms with E-state index in [0.29, 0.717) is 19.3 Å². The molecule has 0 radical (unpaired) electrons. The molecule has 3 rings (SSSR count). The lowest BCUT2D eigenvalue weighted by Gasteiger charge is -2.12. The third-order valence-corrected chi connectivity index (χ3v) is 4.42. The average molecular weight is 302 g/mol. The van der Waals surface area contributed by atoms with Gasteiger partial charge in [-0.15, -0.1) is 0 Å². The molecule has 0 bridgehead atoms. The molecule has 1 saturated heterocycles. The molecule has 1 aliphatic carbocycles. The zero-order chi connectivity index (χ0) is 15.9. The Kier molecular flexibility index (Phi) is 3.60. The summed E-state index contributed by atoms with van der Waals surface area (Å²) in [6.07, 6.45) is 1.58. The maximum Gasteiger partial charge on any atom is 0.325 e. The van der Waals surface area contributed by atoms with Gasteiger partial charge in [0.1, 0.15) is 6.04 Å². The van der Waals surface area contributed by atoms with E-state index >= 15 is 0 Å². The number of carbonyl (C=O) groups is 3. The quantitative estimate of drug-likeness (QED) is 0.803. The summed E-state index contributed by atoms with van der Waals surface area (Å²) in [6, 6.07) is 6.44. The number of imide groups is 1. The number of aryl methyl sites for hydroxylation is 2. The van der Waals surface area contributed by atoms with Crippen molar-refractivity contribution >= 4 is 17.9 Å². The van der Waals surface area contributed by atoms with Crippen LogP contribution in [0.2, 0.25) is 0 Å². The zero-order valence-corrected chi connectivity index (χ0v) is 12.3. The van der Waals surface area contributed by atoms with Crippen LogP contribution < -0.4 is 5.32 Å². The van der Waals surface area contributed by atoms with Crippen molar-refractivity contribution in [2.75, 3.05) is 0 Å². The highest BCUT2D eigenvalue weighted by atomic mass is 16.4. The molecule has 1 aromatic rings. The summed E-state index contributed by atoms with van der Waals surface area (Å²) in [7, 11) is 0. The van der Waals surface area contributed by atoms with Crippen molar-refractivity contribution in [2.45, 2.75) is 38.3 Å². The van der Waals surface area contributed by atoms with Gasteiger partial charge in [0.05, 0.1) is 12.0 Å². The number of carboxylic acid groups (broad SMARTS) is 1. The van der Waals surface area contributed by atoms with Gasteiger partial charge in [-0.25, -0.2) is 4.79 Å². The lowest BCUT2D eigenvalue weighted by molar-refractivity contribution is -0.139. The van der Waals surface area contributed by atoms with Crippen LogP contribution >= 0.6 is 0 Å². The van der Waals surface area contributed by atoms with Crippen LogP contribution in [0.25, 0.3) is 0 Å². The molecule has 22 heavy (non-hydrogen) atoms. The van der Waals surface area contributed by atoms with Crippen molar-refractivity contribution in [3.63, 3.8) is 0 Å². The van der Waals surface area contributed by atoms with Crippen LogP contribution in [-0.4, -0.2) is 40.0 Å². The summed E-state index contributed by atoms with van der Waals surface area (Å²) < 4.78 is 0. The van der Waals surface area contributed by atoms with Gasteiger partial charge in [-0.1, -0.05) is 24.3 Å². The minimum atomic E-state index is -0.950. The first kappa shape index (κ1) is 14.6. The number of nitrogens with zero attached hydrogens (tertiary/aromatic N) is 1. The summed E-state index contributed by atoms with van der Waals surface area (Å²) in [6.45, 7) is 2.01. The van der Waals surface area contributed by atoms with Gasteiger partial charge in [0.15, 0.2) is 0 Å². The third-order valence-electron chi connectivity index (χ3n) is 4.42. The Hall–Kier alpha value is -2.37. The minimum Gasteiger partial charge on any atom is -0.481 e. The highest BCUT2D eigenvalue weighted by Gasteiger charge is 2.54. The Morgan fingerprint density at radius 2 is 2.09 bits per heavy atom. The van der Waals surface area contributed by atoms with Crippen LogP contribution in [0.15, 0.2) is 24.3 Å². The van der Waals surface area contributed by atoms with E-state index in [1.807, 2.05) is 31.2 Å². The second kappa shape index (κ2) is 5.44. The predicted molar refractivity (Wildman–Crippen MR) is 78.2 cm³/mol. The smallest absolute Gasteiger partial charge is 0.325 e. The van der Waals surface area contributed by atoms with Gasteiger partial charge in [-0.3, -0.25) is 14.5 Å². The number of benzene rings is 1.